The van der Waals surface area contributed by atoms with Gasteiger partial charge in [-0.05, 0) is 54.5 Å². The minimum atomic E-state index is -0.407. The maximum Gasteiger partial charge on any atom is 0.305 e. The molecule has 7 rings (SSSR count). The molecular weight excluding hydrogens is 487 g/mol. The first-order chi connectivity index (χ1) is 17.0. The van der Waals surface area contributed by atoms with E-state index < -0.39 is 11.7 Å². The summed E-state index contributed by atoms with van der Waals surface area (Å²) in [6.07, 6.45) is 0.817. The molecule has 2 bridgehead atoms. The molecule has 2 aliphatic carbocycles. The van der Waals surface area contributed by atoms with E-state index in [1.54, 1.807) is 18.9 Å². The zero-order valence-electron chi connectivity index (χ0n) is 18.6. The highest BCUT2D eigenvalue weighted by atomic mass is 32.2. The van der Waals surface area contributed by atoms with Gasteiger partial charge in [0.2, 0.25) is 11.8 Å². The third-order valence-corrected chi connectivity index (χ3v) is 10.9. The predicted octanol–water partition coefficient (Wildman–Crippen LogP) is 4.26. The molecule has 1 N–H and O–H groups in total. The summed E-state index contributed by atoms with van der Waals surface area (Å²) in [6, 6.07) is 13.4. The monoisotopic (exact) mass is 508 g/mol. The topological polar surface area (TPSA) is 79.5 Å². The summed E-state index contributed by atoms with van der Waals surface area (Å²) in [5, 5.41) is 0.979. The van der Waals surface area contributed by atoms with Gasteiger partial charge in [0.15, 0.2) is 0 Å². The van der Waals surface area contributed by atoms with Gasteiger partial charge < -0.3 is 9.72 Å². The van der Waals surface area contributed by atoms with Crippen LogP contribution in [0.5, 0.6) is 5.75 Å². The Labute approximate surface area is 208 Å². The Morgan fingerprint density at radius 3 is 2.46 bits per heavy atom. The number of H-pyrrole nitrogens is 1. The van der Waals surface area contributed by atoms with Crippen LogP contribution in [0.1, 0.15) is 22.8 Å². The number of carbonyl (C=O) groups is 2. The van der Waals surface area contributed by atoms with Gasteiger partial charge in [-0.15, -0.1) is 11.8 Å². The number of para-hydroxylation sites is 1. The van der Waals surface area contributed by atoms with E-state index in [-0.39, 0.29) is 51.5 Å². The molecule has 35 heavy (non-hydrogen) atoms. The number of rotatable bonds is 3. The lowest BCUT2D eigenvalue weighted by Crippen LogP contribution is -2.42. The van der Waals surface area contributed by atoms with E-state index in [0.29, 0.717) is 5.69 Å². The minimum Gasteiger partial charge on any atom is -0.496 e. The molecule has 2 aliphatic heterocycles. The smallest absolute Gasteiger partial charge is 0.305 e. The van der Waals surface area contributed by atoms with Gasteiger partial charge in [-0.1, -0.05) is 29.5 Å². The van der Waals surface area contributed by atoms with Crippen LogP contribution >= 0.6 is 23.1 Å². The number of aromatic nitrogens is 1. The van der Waals surface area contributed by atoms with Gasteiger partial charge in [0.05, 0.1) is 29.7 Å². The number of imide groups is 1. The van der Waals surface area contributed by atoms with Crippen molar-refractivity contribution in [1.82, 2.24) is 4.98 Å². The second kappa shape index (κ2) is 7.54. The summed E-state index contributed by atoms with van der Waals surface area (Å²) in [6.45, 7) is 0. The second-order valence-electron chi connectivity index (χ2n) is 9.69. The molecule has 3 heterocycles. The Morgan fingerprint density at radius 2 is 1.71 bits per heavy atom. The van der Waals surface area contributed by atoms with E-state index in [1.807, 2.05) is 24.3 Å². The Morgan fingerprint density at radius 1 is 1.00 bits per heavy atom. The van der Waals surface area contributed by atoms with Gasteiger partial charge in [-0.25, -0.2) is 4.39 Å². The van der Waals surface area contributed by atoms with Crippen LogP contribution in [0.15, 0.2) is 58.4 Å². The lowest BCUT2D eigenvalue weighted by Gasteiger charge is -2.43. The summed E-state index contributed by atoms with van der Waals surface area (Å²) < 4.78 is 19.2. The molecule has 6 unspecified atom stereocenters. The number of amides is 2. The maximum atomic E-state index is 13.7. The highest BCUT2D eigenvalue weighted by molar-refractivity contribution is 8.00. The maximum absolute atomic E-state index is 13.7. The fraction of sp³-hybridized carbons (Fsp3) is 0.346. The largest absolute Gasteiger partial charge is 0.496 e. The highest BCUT2D eigenvalue weighted by Crippen LogP contribution is 2.69. The summed E-state index contributed by atoms with van der Waals surface area (Å²) in [5.74, 6) is -0.718. The van der Waals surface area contributed by atoms with Crippen molar-refractivity contribution in [3.05, 3.63) is 74.5 Å². The van der Waals surface area contributed by atoms with Crippen LogP contribution in [0.3, 0.4) is 0 Å². The number of benzene rings is 2. The van der Waals surface area contributed by atoms with E-state index in [2.05, 4.69) is 4.98 Å². The normalized spacial score (nSPS) is 32.5. The number of carbonyl (C=O) groups excluding carboxylic acids is 2. The number of thiazole rings is 1. The van der Waals surface area contributed by atoms with Crippen LogP contribution in [-0.4, -0.2) is 29.2 Å². The number of halogens is 1. The summed E-state index contributed by atoms with van der Waals surface area (Å²) in [4.78, 5) is 44.8. The number of methoxy groups -OCH3 is 1. The molecule has 1 saturated heterocycles. The van der Waals surface area contributed by atoms with Crippen molar-refractivity contribution >= 4 is 40.6 Å². The van der Waals surface area contributed by atoms with Gasteiger partial charge in [0.1, 0.15) is 11.6 Å². The number of anilines is 1. The Kier molecular flexibility index (Phi) is 4.61. The van der Waals surface area contributed by atoms with Crippen molar-refractivity contribution < 1.29 is 18.7 Å². The van der Waals surface area contributed by atoms with Crippen LogP contribution in [0.4, 0.5) is 10.1 Å². The number of thioether (sulfide) groups is 1. The number of nitrogens with zero attached hydrogens (tertiary/aromatic N) is 1. The van der Waals surface area contributed by atoms with Crippen molar-refractivity contribution in [3.8, 4) is 5.75 Å². The second-order valence-corrected chi connectivity index (χ2v) is 11.9. The van der Waals surface area contributed by atoms with Gasteiger partial charge in [0, 0.05) is 21.6 Å². The van der Waals surface area contributed by atoms with Crippen molar-refractivity contribution in [1.29, 1.82) is 0 Å². The lowest BCUT2D eigenvalue weighted by atomic mass is 9.68. The van der Waals surface area contributed by atoms with Crippen molar-refractivity contribution in [2.24, 2.45) is 29.6 Å². The highest BCUT2D eigenvalue weighted by Gasteiger charge is 2.69. The molecule has 0 spiro atoms. The summed E-state index contributed by atoms with van der Waals surface area (Å²) in [5.41, 5.74) is 1.44. The standard InChI is InChI=1S/C26H21FN2O4S2/c1-33-16-5-3-2-4-13(16)17-18-14-10-15(21(18)34-23-22(17)35-26(32)28-23)20-19(14)24(30)29(25(20)31)12-8-6-11(27)7-9-12/h2-9,14-15,17-21H,10H2,1H3,(H,28,32)/t14?,15?,17-,18?,19?,20?,21?/m1/s1. The Bertz CT molecular complexity index is 1430. The van der Waals surface area contributed by atoms with E-state index >= 15 is 0 Å². The molecule has 4 aliphatic rings. The average molecular weight is 509 g/mol. The molecule has 6 nitrogen and oxygen atoms in total. The number of hydrogen-bond donors (Lipinski definition) is 1. The number of ether oxygens (including phenoxy) is 1. The zero-order valence-corrected chi connectivity index (χ0v) is 20.3. The number of aromatic amines is 1. The van der Waals surface area contributed by atoms with Gasteiger partial charge in [-0.3, -0.25) is 19.3 Å². The Balaban J connectivity index is 1.34. The van der Waals surface area contributed by atoms with Crippen LogP contribution in [0, 0.1) is 35.4 Å². The fourth-order valence-corrected chi connectivity index (χ4v) is 10.0. The van der Waals surface area contributed by atoms with Gasteiger partial charge in [0.25, 0.3) is 0 Å². The summed E-state index contributed by atoms with van der Waals surface area (Å²) >= 11 is 2.89. The molecule has 2 amide bonds. The third-order valence-electron chi connectivity index (χ3n) is 8.28. The fourth-order valence-electron chi connectivity index (χ4n) is 7.13. The first-order valence-electron chi connectivity index (χ1n) is 11.6. The average Bonchev–Trinajstić information content (AvgIpc) is 3.59. The van der Waals surface area contributed by atoms with Gasteiger partial charge in [-0.2, -0.15) is 0 Å². The first kappa shape index (κ1) is 21.4. The molecule has 0 radical (unpaired) electrons. The SMILES string of the molecule is COc1ccccc1[C@H]1c2sc(=O)[nH]c2SC2C3CC(C4C(=O)N(c5ccc(F)cc5)C(=O)C34)C21. The van der Waals surface area contributed by atoms with Crippen molar-refractivity contribution in [2.45, 2.75) is 22.6 Å². The number of nitrogens with one attached hydrogen (secondary N) is 1. The predicted molar refractivity (Wildman–Crippen MR) is 130 cm³/mol. The molecule has 178 valence electrons. The zero-order chi connectivity index (χ0) is 24.0. The molecule has 1 aromatic heterocycles. The van der Waals surface area contributed by atoms with E-state index in [0.717, 1.165) is 27.6 Å². The lowest BCUT2D eigenvalue weighted by molar-refractivity contribution is -0.123. The van der Waals surface area contributed by atoms with E-state index in [4.69, 9.17) is 4.74 Å². The molecule has 3 aromatic rings. The van der Waals surface area contributed by atoms with Crippen LogP contribution in [0.2, 0.25) is 0 Å². The van der Waals surface area contributed by atoms with Crippen molar-refractivity contribution in [3.63, 3.8) is 0 Å². The minimum absolute atomic E-state index is 0.0182. The summed E-state index contributed by atoms with van der Waals surface area (Å²) in [7, 11) is 1.64. The molecule has 2 saturated carbocycles. The van der Waals surface area contributed by atoms with E-state index in [1.165, 1.54) is 40.5 Å². The first-order valence-corrected chi connectivity index (χ1v) is 13.3. The Hall–Kier alpha value is -2.91. The van der Waals surface area contributed by atoms with E-state index in [9.17, 15) is 18.8 Å². The molecule has 9 heteroatoms. The molecule has 7 atom stereocenters. The van der Waals surface area contributed by atoms with Crippen LogP contribution < -0.4 is 14.5 Å². The molecule has 3 fully saturated rings. The molecular formula is C26H21FN2O4S2. The van der Waals surface area contributed by atoms with Gasteiger partial charge >= 0.3 is 4.87 Å². The number of fused-ring (bicyclic) bond motifs is 9. The van der Waals surface area contributed by atoms with Crippen LogP contribution in [0.25, 0.3) is 0 Å². The van der Waals surface area contributed by atoms with Crippen LogP contribution in [-0.2, 0) is 9.59 Å². The third kappa shape index (κ3) is 2.85. The molecule has 2 aromatic carbocycles. The quantitative estimate of drug-likeness (QED) is 0.535. The number of hydrogen-bond acceptors (Lipinski definition) is 6. The van der Waals surface area contributed by atoms with Crippen molar-refractivity contribution in [2.75, 3.05) is 12.0 Å².